The van der Waals surface area contributed by atoms with Crippen molar-refractivity contribution in [3.63, 3.8) is 0 Å². The summed E-state index contributed by atoms with van der Waals surface area (Å²) in [6.45, 7) is 0. The highest BCUT2D eigenvalue weighted by molar-refractivity contribution is 9.10. The Hall–Kier alpha value is -0.850. The van der Waals surface area contributed by atoms with E-state index in [1.54, 1.807) is 24.5 Å². The van der Waals surface area contributed by atoms with Crippen LogP contribution in [0.3, 0.4) is 0 Å². The number of hydrogen-bond acceptors (Lipinski definition) is 2. The number of rotatable bonds is 4. The molecule has 1 N–H and O–H groups in total. The lowest BCUT2D eigenvalue weighted by Crippen LogP contribution is -2.19. The van der Waals surface area contributed by atoms with Gasteiger partial charge in [-0.15, -0.1) is 11.3 Å². The highest BCUT2D eigenvalue weighted by Gasteiger charge is 2.33. The Morgan fingerprint density at radius 2 is 2.05 bits per heavy atom. The van der Waals surface area contributed by atoms with Crippen molar-refractivity contribution in [1.29, 1.82) is 0 Å². The fourth-order valence-electron chi connectivity index (χ4n) is 1.99. The second-order valence-electron chi connectivity index (χ2n) is 4.36. The molecule has 2 rings (SSSR count). The third-order valence-electron chi connectivity index (χ3n) is 3.03. The molecule has 2 aromatic rings. The molecule has 0 saturated heterocycles. The predicted molar refractivity (Wildman–Crippen MR) is 79.0 cm³/mol. The number of halogens is 4. The zero-order valence-electron chi connectivity index (χ0n) is 10.7. The topological polar surface area (TPSA) is 12.0 Å². The number of alkyl halides is 3. The van der Waals surface area contributed by atoms with Gasteiger partial charge in [-0.2, -0.15) is 13.2 Å². The summed E-state index contributed by atoms with van der Waals surface area (Å²) in [5.41, 5.74) is -0.00199. The molecule has 0 saturated carbocycles. The SMILES string of the molecule is CNC(Cc1cccs1)c1ccc(Br)c(C(F)(F)F)c1. The van der Waals surface area contributed by atoms with E-state index >= 15 is 0 Å². The first kappa shape index (κ1) is 15.5. The fraction of sp³-hybridized carbons (Fsp3) is 0.286. The minimum atomic E-state index is -4.35. The van der Waals surface area contributed by atoms with Crippen LogP contribution in [0.4, 0.5) is 13.2 Å². The summed E-state index contributed by atoms with van der Waals surface area (Å²) < 4.78 is 38.8. The summed E-state index contributed by atoms with van der Waals surface area (Å²) in [6, 6.07) is 8.17. The van der Waals surface area contributed by atoms with E-state index in [1.807, 2.05) is 17.5 Å². The van der Waals surface area contributed by atoms with Gasteiger partial charge in [0.25, 0.3) is 0 Å². The third-order valence-corrected chi connectivity index (χ3v) is 4.62. The van der Waals surface area contributed by atoms with Gasteiger partial charge in [0.15, 0.2) is 0 Å². The normalized spacial score (nSPS) is 13.4. The summed E-state index contributed by atoms with van der Waals surface area (Å²) in [7, 11) is 1.76. The first-order valence-electron chi connectivity index (χ1n) is 5.98. The average molecular weight is 364 g/mol. The minimum absolute atomic E-state index is 0.0692. The van der Waals surface area contributed by atoms with Gasteiger partial charge in [-0.05, 0) is 36.2 Å². The highest BCUT2D eigenvalue weighted by Crippen LogP contribution is 2.36. The lowest BCUT2D eigenvalue weighted by molar-refractivity contribution is -0.138. The van der Waals surface area contributed by atoms with Crippen molar-refractivity contribution in [2.24, 2.45) is 0 Å². The minimum Gasteiger partial charge on any atom is -0.313 e. The first-order valence-corrected chi connectivity index (χ1v) is 7.65. The van der Waals surface area contributed by atoms with Crippen molar-refractivity contribution in [2.75, 3.05) is 7.05 Å². The van der Waals surface area contributed by atoms with Crippen LogP contribution >= 0.6 is 27.3 Å². The lowest BCUT2D eigenvalue weighted by Gasteiger charge is -2.18. The van der Waals surface area contributed by atoms with Crippen LogP contribution in [0.25, 0.3) is 0 Å². The molecule has 1 nitrogen and oxygen atoms in total. The molecule has 0 aliphatic rings. The van der Waals surface area contributed by atoms with Crippen molar-refractivity contribution in [3.8, 4) is 0 Å². The smallest absolute Gasteiger partial charge is 0.313 e. The van der Waals surface area contributed by atoms with E-state index in [0.717, 1.165) is 4.88 Å². The molecule has 1 aromatic heterocycles. The van der Waals surface area contributed by atoms with Crippen LogP contribution in [0.1, 0.15) is 22.0 Å². The van der Waals surface area contributed by atoms with Crippen LogP contribution < -0.4 is 5.32 Å². The van der Waals surface area contributed by atoms with Gasteiger partial charge in [-0.1, -0.05) is 28.1 Å². The number of likely N-dealkylation sites (N-methyl/N-ethyl adjacent to an activating group) is 1. The number of nitrogens with one attached hydrogen (secondary N) is 1. The molecule has 0 spiro atoms. The van der Waals surface area contributed by atoms with Crippen molar-refractivity contribution in [1.82, 2.24) is 5.32 Å². The zero-order chi connectivity index (χ0) is 14.8. The Bertz CT molecular complexity index is 566. The Balaban J connectivity index is 2.30. The van der Waals surface area contributed by atoms with Crippen LogP contribution in [0, 0.1) is 0 Å². The average Bonchev–Trinajstić information content (AvgIpc) is 2.88. The molecule has 1 atom stereocenters. The van der Waals surface area contributed by atoms with Gasteiger partial charge in [0, 0.05) is 21.8 Å². The third kappa shape index (κ3) is 3.62. The molecule has 1 aromatic carbocycles. The van der Waals surface area contributed by atoms with Crippen molar-refractivity contribution >= 4 is 27.3 Å². The van der Waals surface area contributed by atoms with Gasteiger partial charge in [0.1, 0.15) is 0 Å². The van der Waals surface area contributed by atoms with Crippen molar-refractivity contribution < 1.29 is 13.2 Å². The van der Waals surface area contributed by atoms with E-state index in [4.69, 9.17) is 0 Å². The molecular formula is C14H13BrF3NS. The van der Waals surface area contributed by atoms with Crippen molar-refractivity contribution in [2.45, 2.75) is 18.6 Å². The standard InChI is InChI=1S/C14H13BrF3NS/c1-19-13(8-10-3-2-6-20-10)9-4-5-12(15)11(7-9)14(16,17)18/h2-7,13,19H,8H2,1H3. The number of thiophene rings is 1. The molecule has 1 unspecified atom stereocenters. The molecule has 108 valence electrons. The van der Waals surface area contributed by atoms with E-state index < -0.39 is 11.7 Å². The van der Waals surface area contributed by atoms with E-state index in [-0.39, 0.29) is 10.5 Å². The molecule has 20 heavy (non-hydrogen) atoms. The highest BCUT2D eigenvalue weighted by atomic mass is 79.9. The van der Waals surface area contributed by atoms with Gasteiger partial charge >= 0.3 is 6.18 Å². The van der Waals surface area contributed by atoms with Gasteiger partial charge in [0.2, 0.25) is 0 Å². The van der Waals surface area contributed by atoms with Crippen LogP contribution in [0.2, 0.25) is 0 Å². The Kier molecular flexibility index (Phi) is 4.88. The van der Waals surface area contributed by atoms with Gasteiger partial charge in [-0.25, -0.2) is 0 Å². The Morgan fingerprint density at radius 3 is 2.60 bits per heavy atom. The molecule has 0 aliphatic carbocycles. The molecule has 1 heterocycles. The fourth-order valence-corrected chi connectivity index (χ4v) is 3.22. The Labute approximate surface area is 128 Å². The van der Waals surface area contributed by atoms with Crippen LogP contribution in [0.15, 0.2) is 40.2 Å². The molecule has 6 heteroatoms. The quantitative estimate of drug-likeness (QED) is 0.802. The summed E-state index contributed by atoms with van der Waals surface area (Å²) in [4.78, 5) is 1.14. The molecule has 0 radical (unpaired) electrons. The van der Waals surface area contributed by atoms with Crippen LogP contribution in [0.5, 0.6) is 0 Å². The molecule has 0 fully saturated rings. The maximum absolute atomic E-state index is 12.9. The van der Waals surface area contributed by atoms with Gasteiger partial charge in [-0.3, -0.25) is 0 Å². The zero-order valence-corrected chi connectivity index (χ0v) is 13.1. The van der Waals surface area contributed by atoms with Gasteiger partial charge < -0.3 is 5.32 Å². The maximum Gasteiger partial charge on any atom is 0.417 e. The van der Waals surface area contributed by atoms with Crippen LogP contribution in [-0.2, 0) is 12.6 Å². The summed E-state index contributed by atoms with van der Waals surface area (Å²) in [5, 5.41) is 5.04. The molecule has 0 aliphatic heterocycles. The number of benzene rings is 1. The second kappa shape index (κ2) is 6.28. The number of hydrogen-bond donors (Lipinski definition) is 1. The monoisotopic (exact) mass is 363 g/mol. The van der Waals surface area contributed by atoms with Gasteiger partial charge in [0.05, 0.1) is 5.56 Å². The first-order chi connectivity index (χ1) is 9.41. The predicted octanol–water partition coefficient (Wildman–Crippen LogP) is 5.03. The summed E-state index contributed by atoms with van der Waals surface area (Å²) >= 11 is 4.56. The maximum atomic E-state index is 12.9. The second-order valence-corrected chi connectivity index (χ2v) is 6.25. The van der Waals surface area contributed by atoms with E-state index in [0.29, 0.717) is 12.0 Å². The summed E-state index contributed by atoms with van der Waals surface area (Å²) in [5.74, 6) is 0. The van der Waals surface area contributed by atoms with Crippen molar-refractivity contribution in [3.05, 3.63) is 56.2 Å². The van der Waals surface area contributed by atoms with E-state index in [9.17, 15) is 13.2 Å². The Morgan fingerprint density at radius 1 is 1.30 bits per heavy atom. The molecular weight excluding hydrogens is 351 g/mol. The largest absolute Gasteiger partial charge is 0.417 e. The molecule has 0 amide bonds. The lowest BCUT2D eigenvalue weighted by atomic mass is 10.0. The van der Waals surface area contributed by atoms with E-state index in [2.05, 4.69) is 21.2 Å². The summed E-state index contributed by atoms with van der Waals surface area (Å²) in [6.07, 6.45) is -3.68. The van der Waals surface area contributed by atoms with E-state index in [1.165, 1.54) is 12.1 Å². The molecule has 0 bridgehead atoms. The van der Waals surface area contributed by atoms with Crippen LogP contribution in [-0.4, -0.2) is 7.05 Å².